The molecule has 0 N–H and O–H groups in total. The van der Waals surface area contributed by atoms with Gasteiger partial charge in [0.05, 0.1) is 39.7 Å². The van der Waals surface area contributed by atoms with E-state index in [-0.39, 0.29) is 25.2 Å². The van der Waals surface area contributed by atoms with Crippen LogP contribution in [0.4, 0.5) is 22.0 Å². The zero-order chi connectivity index (χ0) is 28.1. The molecule has 2 heterocycles. The van der Waals surface area contributed by atoms with Crippen LogP contribution in [0.3, 0.4) is 0 Å². The van der Waals surface area contributed by atoms with Crippen molar-refractivity contribution in [3.63, 3.8) is 0 Å². The van der Waals surface area contributed by atoms with Crippen LogP contribution in [0.1, 0.15) is 44.2 Å². The number of ether oxygens (including phenoxy) is 2. The van der Waals surface area contributed by atoms with Crippen molar-refractivity contribution >= 4 is 19.7 Å². The summed E-state index contributed by atoms with van der Waals surface area (Å²) < 4.78 is 132. The van der Waals surface area contributed by atoms with Crippen LogP contribution < -0.4 is 4.74 Å². The predicted molar refractivity (Wildman–Crippen MR) is 128 cm³/mol. The van der Waals surface area contributed by atoms with Crippen LogP contribution in [0, 0.1) is 17.6 Å². The van der Waals surface area contributed by atoms with E-state index in [1.165, 1.54) is 0 Å². The normalized spacial score (nSPS) is 24.7. The summed E-state index contributed by atoms with van der Waals surface area (Å²) >= 11 is 0. The van der Waals surface area contributed by atoms with Crippen molar-refractivity contribution in [2.45, 2.75) is 60.3 Å². The van der Waals surface area contributed by atoms with E-state index in [2.05, 4.69) is 0 Å². The third-order valence-electron chi connectivity index (χ3n) is 7.59. The van der Waals surface area contributed by atoms with Crippen molar-refractivity contribution in [2.75, 3.05) is 19.0 Å². The lowest BCUT2D eigenvalue weighted by atomic mass is 9.75. The van der Waals surface area contributed by atoms with E-state index in [0.29, 0.717) is 18.6 Å². The molecule has 0 aliphatic carbocycles. The molecule has 2 aliphatic rings. The van der Waals surface area contributed by atoms with Crippen LogP contribution >= 0.6 is 0 Å². The zero-order valence-electron chi connectivity index (χ0n) is 20.6. The Balaban J connectivity index is 1.86. The Kier molecular flexibility index (Phi) is 7.61. The molecule has 1 fully saturated rings. The summed E-state index contributed by atoms with van der Waals surface area (Å²) in [6.07, 6.45) is -5.84. The highest BCUT2D eigenvalue weighted by molar-refractivity contribution is 7.92. The lowest BCUT2D eigenvalue weighted by Gasteiger charge is -2.50. The third kappa shape index (κ3) is 4.70. The second-order valence-corrected chi connectivity index (χ2v) is 14.3. The minimum atomic E-state index is -4.71. The molecule has 210 valence electrons. The molecule has 4 rings (SSSR count). The first-order chi connectivity index (χ1) is 17.7. The largest absolute Gasteiger partial charge is 0.490 e. The van der Waals surface area contributed by atoms with Crippen molar-refractivity contribution < 1.29 is 48.3 Å². The van der Waals surface area contributed by atoms with Crippen molar-refractivity contribution in [2.24, 2.45) is 5.92 Å². The van der Waals surface area contributed by atoms with Gasteiger partial charge in [-0.1, -0.05) is 6.92 Å². The summed E-state index contributed by atoms with van der Waals surface area (Å²) in [5.74, 6) is -4.15. The molecular formula is C25H27F5O6S2. The van der Waals surface area contributed by atoms with Gasteiger partial charge in [-0.15, -0.1) is 0 Å². The fourth-order valence-corrected chi connectivity index (χ4v) is 9.09. The molecule has 2 aromatic rings. The predicted octanol–water partition coefficient (Wildman–Crippen LogP) is 5.05. The molecule has 0 spiro atoms. The molecule has 2 aromatic carbocycles. The summed E-state index contributed by atoms with van der Waals surface area (Å²) in [6.45, 7) is 2.60. The topological polar surface area (TPSA) is 86.7 Å². The number of hydrogen-bond donors (Lipinski definition) is 0. The number of halogens is 5. The van der Waals surface area contributed by atoms with Crippen molar-refractivity contribution in [3.05, 3.63) is 59.2 Å². The third-order valence-corrected chi connectivity index (χ3v) is 12.5. The average Bonchev–Trinajstić information content (AvgIpc) is 2.87. The lowest BCUT2D eigenvalue weighted by Crippen LogP contribution is -2.57. The van der Waals surface area contributed by atoms with Gasteiger partial charge in [0.15, 0.2) is 31.2 Å². The van der Waals surface area contributed by atoms with Gasteiger partial charge in [-0.25, -0.2) is 25.6 Å². The van der Waals surface area contributed by atoms with Crippen molar-refractivity contribution in [3.8, 4) is 5.75 Å². The SMILES string of the molecule is CCC(C)S(=O)(=O)CC[C@@H]1OCC[C@@]2(S(=O)(=O)c3ccc(C(F)(F)F)cc3)c3c(F)ccc(F)c3OC[C@@H]12. The summed E-state index contributed by atoms with van der Waals surface area (Å²) in [6, 6.07) is 4.35. The Morgan fingerprint density at radius 3 is 2.26 bits per heavy atom. The van der Waals surface area contributed by atoms with Gasteiger partial charge in [0.25, 0.3) is 0 Å². The Morgan fingerprint density at radius 2 is 1.66 bits per heavy atom. The minimum Gasteiger partial charge on any atom is -0.490 e. The zero-order valence-corrected chi connectivity index (χ0v) is 22.2. The standard InChI is InChI=1S/C25H27F5O6S2/c1-3-15(2)37(31,32)13-10-21-18-14-36-23-20(27)9-8-19(26)22(23)24(18,11-12-35-21)38(33,34)17-6-4-16(5-7-17)25(28,29)30/h4-9,15,18,21H,3,10-14H2,1-2H3/t15?,18-,21-,24-/m0/s1. The molecular weight excluding hydrogens is 555 g/mol. The minimum absolute atomic E-state index is 0.128. The fourth-order valence-electron chi connectivity index (χ4n) is 5.28. The van der Waals surface area contributed by atoms with Gasteiger partial charge in [-0.3, -0.25) is 0 Å². The Morgan fingerprint density at radius 1 is 1.03 bits per heavy atom. The summed E-state index contributed by atoms with van der Waals surface area (Å²) in [5, 5.41) is -0.651. The first-order valence-electron chi connectivity index (χ1n) is 12.0. The number of rotatable bonds is 7. The van der Waals surface area contributed by atoms with E-state index in [4.69, 9.17) is 9.47 Å². The number of fused-ring (bicyclic) bond motifs is 3. The smallest absolute Gasteiger partial charge is 0.416 e. The van der Waals surface area contributed by atoms with E-state index in [0.717, 1.165) is 24.3 Å². The number of alkyl halides is 3. The van der Waals surface area contributed by atoms with Gasteiger partial charge in [0.2, 0.25) is 0 Å². The maximum absolute atomic E-state index is 15.4. The number of hydrogen-bond acceptors (Lipinski definition) is 6. The molecule has 0 saturated carbocycles. The number of benzene rings is 2. The van der Waals surface area contributed by atoms with E-state index >= 15 is 4.39 Å². The van der Waals surface area contributed by atoms with E-state index in [1.54, 1.807) is 13.8 Å². The van der Waals surface area contributed by atoms with Gasteiger partial charge >= 0.3 is 6.18 Å². The molecule has 0 aromatic heterocycles. The Labute approximate surface area is 218 Å². The number of sulfone groups is 2. The van der Waals surface area contributed by atoms with Crippen LogP contribution in [0.25, 0.3) is 0 Å². The van der Waals surface area contributed by atoms with Crippen molar-refractivity contribution in [1.29, 1.82) is 0 Å². The second kappa shape index (κ2) is 10.1. The monoisotopic (exact) mass is 582 g/mol. The van der Waals surface area contributed by atoms with Gasteiger partial charge < -0.3 is 9.47 Å². The van der Waals surface area contributed by atoms with Gasteiger partial charge in [-0.2, -0.15) is 13.2 Å². The molecule has 38 heavy (non-hydrogen) atoms. The quantitative estimate of drug-likeness (QED) is 0.425. The van der Waals surface area contributed by atoms with Crippen LogP contribution in [-0.4, -0.2) is 47.2 Å². The average molecular weight is 583 g/mol. The molecule has 1 saturated heterocycles. The summed E-state index contributed by atoms with van der Waals surface area (Å²) in [4.78, 5) is -0.514. The van der Waals surface area contributed by atoms with Crippen LogP contribution in [0.2, 0.25) is 0 Å². The molecule has 13 heteroatoms. The fraction of sp³-hybridized carbons (Fsp3) is 0.520. The Hall–Kier alpha value is -2.25. The highest BCUT2D eigenvalue weighted by Gasteiger charge is 2.61. The second-order valence-electron chi connectivity index (χ2n) is 9.60. The van der Waals surface area contributed by atoms with Gasteiger partial charge in [0.1, 0.15) is 10.6 Å². The Bertz CT molecular complexity index is 1410. The van der Waals surface area contributed by atoms with Crippen LogP contribution in [0.15, 0.2) is 41.3 Å². The van der Waals surface area contributed by atoms with Crippen LogP contribution in [0.5, 0.6) is 5.75 Å². The van der Waals surface area contributed by atoms with Crippen molar-refractivity contribution in [1.82, 2.24) is 0 Å². The highest BCUT2D eigenvalue weighted by Crippen LogP contribution is 2.56. The molecule has 6 nitrogen and oxygen atoms in total. The molecule has 4 atom stereocenters. The maximum Gasteiger partial charge on any atom is 0.416 e. The van der Waals surface area contributed by atoms with E-state index in [9.17, 15) is 34.4 Å². The molecule has 2 aliphatic heterocycles. The molecule has 0 bridgehead atoms. The van der Waals surface area contributed by atoms with Gasteiger partial charge in [0, 0.05) is 12.5 Å². The molecule has 0 amide bonds. The lowest BCUT2D eigenvalue weighted by molar-refractivity contribution is -0.137. The maximum atomic E-state index is 15.4. The first kappa shape index (κ1) is 28.8. The summed E-state index contributed by atoms with van der Waals surface area (Å²) in [7, 11) is -8.25. The first-order valence-corrected chi connectivity index (χ1v) is 15.2. The van der Waals surface area contributed by atoms with Gasteiger partial charge in [-0.05, 0) is 62.6 Å². The highest BCUT2D eigenvalue weighted by atomic mass is 32.2. The molecule has 0 radical (unpaired) electrons. The van der Waals surface area contributed by atoms with E-state index in [1.807, 2.05) is 0 Å². The van der Waals surface area contributed by atoms with Crippen LogP contribution in [-0.2, 0) is 35.3 Å². The van der Waals surface area contributed by atoms with E-state index < -0.39 is 87.9 Å². The summed E-state index contributed by atoms with van der Waals surface area (Å²) in [5.41, 5.74) is -1.64. The molecule has 1 unspecified atom stereocenters.